The number of hydrogen-bond acceptors (Lipinski definition) is 4. The van der Waals surface area contributed by atoms with Crippen LogP contribution < -0.4 is 11.2 Å². The van der Waals surface area contributed by atoms with E-state index in [1.54, 1.807) is 0 Å². The second-order valence-corrected chi connectivity index (χ2v) is 7.75. The summed E-state index contributed by atoms with van der Waals surface area (Å²) in [4.78, 5) is 37.1. The lowest BCUT2D eigenvalue weighted by atomic mass is 10.2. The largest absolute Gasteiger partial charge is 0.335 e. The Morgan fingerprint density at radius 2 is 1.90 bits per heavy atom. The highest BCUT2D eigenvalue weighted by Crippen LogP contribution is 2.20. The molecular formula is C22H24N6O2. The highest BCUT2D eigenvalue weighted by atomic mass is 16.2. The average Bonchev–Trinajstić information content (AvgIpc) is 3.30. The first-order valence-corrected chi connectivity index (χ1v) is 10.4. The molecule has 1 aliphatic heterocycles. The minimum Gasteiger partial charge on any atom is -0.335 e. The molecule has 0 radical (unpaired) electrons. The third-order valence-corrected chi connectivity index (χ3v) is 5.76. The third kappa shape index (κ3) is 3.18. The predicted octanol–water partition coefficient (Wildman–Crippen LogP) is 2.08. The Morgan fingerprint density at radius 1 is 1.07 bits per heavy atom. The van der Waals surface area contributed by atoms with Crippen molar-refractivity contribution in [3.63, 3.8) is 0 Å². The van der Waals surface area contributed by atoms with Crippen molar-refractivity contribution in [2.45, 2.75) is 52.2 Å². The Kier molecular flexibility index (Phi) is 4.61. The van der Waals surface area contributed by atoms with Crippen LogP contribution in [0.15, 0.2) is 46.1 Å². The Balaban J connectivity index is 1.66. The first-order valence-electron chi connectivity index (χ1n) is 10.4. The summed E-state index contributed by atoms with van der Waals surface area (Å²) in [6.07, 6.45) is 5.95. The van der Waals surface area contributed by atoms with Crippen LogP contribution in [0.2, 0.25) is 0 Å². The fraction of sp³-hybridized carbons (Fsp3) is 0.364. The van der Waals surface area contributed by atoms with Crippen LogP contribution in [0.1, 0.15) is 42.7 Å². The van der Waals surface area contributed by atoms with Crippen molar-refractivity contribution in [1.29, 1.82) is 0 Å². The van der Waals surface area contributed by atoms with Gasteiger partial charge in [0.25, 0.3) is 5.56 Å². The molecule has 0 saturated heterocycles. The number of rotatable bonds is 5. The van der Waals surface area contributed by atoms with Gasteiger partial charge in [-0.1, -0.05) is 30.3 Å². The molecule has 8 heteroatoms. The van der Waals surface area contributed by atoms with Crippen molar-refractivity contribution < 1.29 is 0 Å². The number of fused-ring (bicyclic) bond motifs is 2. The molecule has 0 spiro atoms. The number of imidazole rings is 2. The number of aryl methyl sites for hydroxylation is 3. The van der Waals surface area contributed by atoms with E-state index in [1.807, 2.05) is 41.8 Å². The summed E-state index contributed by atoms with van der Waals surface area (Å²) in [6, 6.07) is 9.96. The molecule has 0 atom stereocenters. The molecule has 30 heavy (non-hydrogen) atoms. The Hall–Kier alpha value is -3.42. The van der Waals surface area contributed by atoms with E-state index in [2.05, 4.69) is 15.7 Å². The van der Waals surface area contributed by atoms with Gasteiger partial charge in [0.15, 0.2) is 11.2 Å². The van der Waals surface area contributed by atoms with Crippen molar-refractivity contribution >= 4 is 11.2 Å². The number of H-pyrrole nitrogens is 1. The number of benzene rings is 1. The van der Waals surface area contributed by atoms with Gasteiger partial charge in [-0.25, -0.2) is 14.8 Å². The quantitative estimate of drug-likeness (QED) is 0.551. The third-order valence-electron chi connectivity index (χ3n) is 5.76. The maximum absolute atomic E-state index is 12.8. The Morgan fingerprint density at radius 3 is 2.67 bits per heavy atom. The van der Waals surface area contributed by atoms with E-state index >= 15 is 0 Å². The molecule has 1 aliphatic rings. The smallest absolute Gasteiger partial charge is 0.330 e. The molecule has 0 fully saturated rings. The van der Waals surface area contributed by atoms with E-state index < -0.39 is 11.2 Å². The van der Waals surface area contributed by atoms with Crippen LogP contribution in [0.5, 0.6) is 0 Å². The van der Waals surface area contributed by atoms with Crippen molar-refractivity contribution in [2.75, 3.05) is 0 Å². The summed E-state index contributed by atoms with van der Waals surface area (Å²) in [5.74, 6) is 1.85. The van der Waals surface area contributed by atoms with Crippen LogP contribution in [-0.4, -0.2) is 28.7 Å². The van der Waals surface area contributed by atoms with Gasteiger partial charge in [0.1, 0.15) is 11.6 Å². The lowest BCUT2D eigenvalue weighted by Gasteiger charge is -2.11. The van der Waals surface area contributed by atoms with Gasteiger partial charge < -0.3 is 9.13 Å². The van der Waals surface area contributed by atoms with E-state index in [0.717, 1.165) is 35.9 Å². The molecule has 1 aromatic carbocycles. The number of nitrogens with one attached hydrogen (secondary N) is 1. The van der Waals surface area contributed by atoms with Gasteiger partial charge in [-0.05, 0) is 25.3 Å². The summed E-state index contributed by atoms with van der Waals surface area (Å²) in [5.41, 5.74) is 2.04. The van der Waals surface area contributed by atoms with Gasteiger partial charge in [-0.3, -0.25) is 14.3 Å². The summed E-state index contributed by atoms with van der Waals surface area (Å²) in [6.45, 7) is 3.81. The SMILES string of the molecule is CCn1c(=O)[nH]c(=O)c2c1nc(Cc1cn3c(n1)CCCC3)n2Cc1ccccc1. The number of aromatic nitrogens is 6. The van der Waals surface area contributed by atoms with Gasteiger partial charge in [-0.15, -0.1) is 0 Å². The van der Waals surface area contributed by atoms with Gasteiger partial charge in [-0.2, -0.15) is 0 Å². The molecule has 1 N–H and O–H groups in total. The summed E-state index contributed by atoms with van der Waals surface area (Å²) >= 11 is 0. The van der Waals surface area contributed by atoms with Gasteiger partial charge in [0.05, 0.1) is 5.69 Å². The summed E-state index contributed by atoms with van der Waals surface area (Å²) < 4.78 is 5.66. The first-order chi connectivity index (χ1) is 14.6. The molecular weight excluding hydrogens is 380 g/mol. The normalized spacial score (nSPS) is 13.6. The van der Waals surface area contributed by atoms with E-state index in [4.69, 9.17) is 9.97 Å². The standard InChI is InChI=1S/C22H24N6O2/c1-2-27-20-19(21(29)25-22(27)30)28(13-15-8-4-3-5-9-15)18(24-20)12-16-14-26-11-7-6-10-17(26)23-16/h3-5,8-9,14H,2,6-7,10-13H2,1H3,(H,25,29,30). The van der Waals surface area contributed by atoms with Gasteiger partial charge >= 0.3 is 5.69 Å². The van der Waals surface area contributed by atoms with Crippen molar-refractivity contribution in [3.05, 3.63) is 80.3 Å². The van der Waals surface area contributed by atoms with Crippen molar-refractivity contribution in [2.24, 2.45) is 0 Å². The zero-order valence-electron chi connectivity index (χ0n) is 17.0. The topological polar surface area (TPSA) is 90.5 Å². The van der Waals surface area contributed by atoms with Gasteiger partial charge in [0.2, 0.25) is 0 Å². The van der Waals surface area contributed by atoms with Gasteiger partial charge in [0, 0.05) is 38.7 Å². The number of hydrogen-bond donors (Lipinski definition) is 1. The Labute approximate surface area is 172 Å². The van der Waals surface area contributed by atoms with Crippen LogP contribution in [0.3, 0.4) is 0 Å². The average molecular weight is 404 g/mol. The van der Waals surface area contributed by atoms with Crippen LogP contribution in [0.4, 0.5) is 0 Å². The molecule has 4 heterocycles. The van der Waals surface area contributed by atoms with Crippen molar-refractivity contribution in [3.8, 4) is 0 Å². The monoisotopic (exact) mass is 404 g/mol. The van der Waals surface area contributed by atoms with Crippen LogP contribution in [-0.2, 0) is 32.5 Å². The second kappa shape index (κ2) is 7.44. The predicted molar refractivity (Wildman–Crippen MR) is 114 cm³/mol. The minimum absolute atomic E-state index is 0.404. The summed E-state index contributed by atoms with van der Waals surface area (Å²) in [7, 11) is 0. The molecule has 0 amide bonds. The molecule has 0 aliphatic carbocycles. The molecule has 154 valence electrons. The highest BCUT2D eigenvalue weighted by molar-refractivity contribution is 5.71. The fourth-order valence-corrected chi connectivity index (χ4v) is 4.30. The molecule has 0 unspecified atom stereocenters. The van der Waals surface area contributed by atoms with E-state index in [9.17, 15) is 9.59 Å². The highest BCUT2D eigenvalue weighted by Gasteiger charge is 2.20. The zero-order chi connectivity index (χ0) is 20.7. The molecule has 0 saturated carbocycles. The molecule has 4 aromatic rings. The maximum Gasteiger partial charge on any atom is 0.330 e. The second-order valence-electron chi connectivity index (χ2n) is 7.75. The van der Waals surface area contributed by atoms with E-state index in [1.165, 1.54) is 17.4 Å². The fourth-order valence-electron chi connectivity index (χ4n) is 4.30. The molecule has 0 bridgehead atoms. The Bertz CT molecular complexity index is 1300. The van der Waals surface area contributed by atoms with Crippen molar-refractivity contribution in [1.82, 2.24) is 28.7 Å². The lowest BCUT2D eigenvalue weighted by molar-refractivity contribution is 0.522. The number of nitrogens with zero attached hydrogens (tertiary/aromatic N) is 5. The minimum atomic E-state index is -0.427. The summed E-state index contributed by atoms with van der Waals surface area (Å²) in [5, 5.41) is 0. The lowest BCUT2D eigenvalue weighted by Crippen LogP contribution is -2.30. The maximum atomic E-state index is 12.8. The van der Waals surface area contributed by atoms with Crippen LogP contribution in [0, 0.1) is 0 Å². The van der Waals surface area contributed by atoms with Crippen LogP contribution in [0.25, 0.3) is 11.2 Å². The molecule has 3 aromatic heterocycles. The van der Waals surface area contributed by atoms with E-state index in [-0.39, 0.29) is 0 Å². The molecule has 5 rings (SSSR count). The first kappa shape index (κ1) is 18.6. The zero-order valence-corrected chi connectivity index (χ0v) is 17.0. The molecule has 8 nitrogen and oxygen atoms in total. The van der Waals surface area contributed by atoms with Crippen LogP contribution >= 0.6 is 0 Å². The van der Waals surface area contributed by atoms with E-state index in [0.29, 0.717) is 30.7 Å². The number of aromatic amines is 1.